The van der Waals surface area contributed by atoms with E-state index in [2.05, 4.69) is 114 Å². The van der Waals surface area contributed by atoms with Crippen molar-refractivity contribution in [3.8, 4) is 33.4 Å². The number of nitrogens with zero attached hydrogens (tertiary/aromatic N) is 6. The molecule has 4 aliphatic rings. The summed E-state index contributed by atoms with van der Waals surface area (Å²) in [6.07, 6.45) is 0. The van der Waals surface area contributed by atoms with Crippen LogP contribution in [-0.2, 0) is 64.3 Å². The molecule has 18 nitrogen and oxygen atoms in total. The Labute approximate surface area is 474 Å². The first kappa shape index (κ1) is 60.4. The number of benzene rings is 2. The van der Waals surface area contributed by atoms with Gasteiger partial charge in [-0.15, -0.1) is 0 Å². The minimum atomic E-state index is -1.21. The molecule has 4 N–H and O–H groups in total. The average Bonchev–Trinajstić information content (AvgIpc) is 3.45. The van der Waals surface area contributed by atoms with Gasteiger partial charge in [0.1, 0.15) is 0 Å². The third kappa shape index (κ3) is 14.0. The van der Waals surface area contributed by atoms with Gasteiger partial charge in [0.25, 0.3) is 23.6 Å². The zero-order valence-corrected chi connectivity index (χ0v) is 50.4. The van der Waals surface area contributed by atoms with Crippen LogP contribution in [0, 0.1) is 0 Å². The fourth-order valence-electron chi connectivity index (χ4n) is 12.0. The lowest BCUT2D eigenvalue weighted by Crippen LogP contribution is -2.65. The Hall–Kier alpha value is -5.70. The minimum Gasteiger partial charge on any atom is -0.367 e. The Bertz CT molecular complexity index is 2610. The summed E-state index contributed by atoms with van der Waals surface area (Å²) in [4.78, 5) is 75.9. The predicted molar refractivity (Wildman–Crippen MR) is 310 cm³/mol. The number of carbonyl (C=O) groups is 4. The zero-order valence-electron chi connectivity index (χ0n) is 50.4. The van der Waals surface area contributed by atoms with E-state index >= 15 is 0 Å². The molecule has 0 saturated carbocycles. The summed E-state index contributed by atoms with van der Waals surface area (Å²) < 4.78 is 24.1. The normalized spacial score (nSPS) is 30.9. The lowest BCUT2D eigenvalue weighted by atomic mass is 9.95. The Morgan fingerprint density at radius 1 is 0.325 bits per heavy atom. The molecule has 0 aliphatic carbocycles. The second-order valence-corrected chi connectivity index (χ2v) is 26.5. The number of ether oxygens (including phenoxy) is 4. The molecule has 2 aromatic carbocycles. The van der Waals surface area contributed by atoms with Crippen molar-refractivity contribution in [1.82, 2.24) is 50.8 Å². The van der Waals surface area contributed by atoms with Crippen molar-refractivity contribution in [3.05, 3.63) is 95.6 Å². The maximum Gasteiger partial charge on any atom is 0.253 e. The van der Waals surface area contributed by atoms with Crippen molar-refractivity contribution in [1.29, 1.82) is 0 Å². The molecule has 4 amide bonds. The van der Waals surface area contributed by atoms with E-state index in [0.717, 1.165) is 56.2 Å². The lowest BCUT2D eigenvalue weighted by Gasteiger charge is -2.43. The van der Waals surface area contributed by atoms with Crippen molar-refractivity contribution in [3.63, 3.8) is 0 Å². The quantitative estimate of drug-likeness (QED) is 0.170. The molecular weight excluding hydrogens is 1010 g/mol. The van der Waals surface area contributed by atoms with E-state index in [1.807, 2.05) is 83.1 Å². The summed E-state index contributed by atoms with van der Waals surface area (Å²) in [5, 5.41) is 13.1. The molecule has 434 valence electrons. The maximum absolute atomic E-state index is 14.2. The van der Waals surface area contributed by atoms with Gasteiger partial charge in [-0.05, 0) is 141 Å². The number of aromatic nitrogens is 2. The molecule has 0 spiro atoms. The van der Waals surface area contributed by atoms with Gasteiger partial charge in [-0.25, -0.2) is 0 Å². The third-order valence-corrected chi connectivity index (χ3v) is 16.3. The SMILES string of the molecule is CO[C@]1(C)CN2Cc3cc(-c4ccc(-c5ccc(-c6cc7nc(c6)CN6CC(C)(C)NC(=O)[C@](C)(OC)CN(C7)CC(C)(C)NC(=O)[C@@](C)(OC)C6)cc5)cc4)cc(n3)CN(CC(C)(C)NC1=O)C[C@](C)(OC)C(=O)NC(C)(C)C2. The first-order valence-corrected chi connectivity index (χ1v) is 27.9. The molecule has 0 saturated heterocycles. The Kier molecular flexibility index (Phi) is 17.0. The fraction of sp³-hybridized carbons (Fsp3) is 0.581. The van der Waals surface area contributed by atoms with Gasteiger partial charge in [0.2, 0.25) is 0 Å². The minimum absolute atomic E-state index is 0.215. The molecule has 6 heterocycles. The summed E-state index contributed by atoms with van der Waals surface area (Å²) >= 11 is 0. The molecular formula is C62H88N10O8. The molecule has 4 unspecified atom stereocenters. The summed E-state index contributed by atoms with van der Waals surface area (Å²) in [7, 11) is 6.27. The first-order valence-electron chi connectivity index (χ1n) is 27.9. The van der Waals surface area contributed by atoms with Gasteiger partial charge in [-0.1, -0.05) is 48.5 Å². The molecule has 0 fully saturated rings. The monoisotopic (exact) mass is 1100 g/mol. The van der Waals surface area contributed by atoms with E-state index in [4.69, 9.17) is 28.9 Å². The van der Waals surface area contributed by atoms with Crippen molar-refractivity contribution >= 4 is 23.6 Å². The number of hydrogen-bond acceptors (Lipinski definition) is 14. The highest BCUT2D eigenvalue weighted by molar-refractivity contribution is 5.88. The number of carbonyl (C=O) groups excluding carboxylic acids is 4. The van der Waals surface area contributed by atoms with Crippen LogP contribution in [-0.4, -0.2) is 179 Å². The number of methoxy groups -OCH3 is 4. The average molecular weight is 1100 g/mol. The van der Waals surface area contributed by atoms with E-state index in [1.54, 1.807) is 28.4 Å². The lowest BCUT2D eigenvalue weighted by molar-refractivity contribution is -0.150. The van der Waals surface area contributed by atoms with Crippen LogP contribution in [0.3, 0.4) is 0 Å². The maximum atomic E-state index is 14.2. The van der Waals surface area contributed by atoms with Crippen LogP contribution in [0.5, 0.6) is 0 Å². The first-order chi connectivity index (χ1) is 37.3. The molecule has 8 atom stereocenters. The van der Waals surface area contributed by atoms with Crippen molar-refractivity contribution in [2.75, 3.05) is 80.8 Å². The van der Waals surface area contributed by atoms with E-state index in [0.29, 0.717) is 52.4 Å². The van der Waals surface area contributed by atoms with Crippen LogP contribution in [0.4, 0.5) is 0 Å². The summed E-state index contributed by atoms with van der Waals surface area (Å²) in [6.45, 7) is 27.3. The smallest absolute Gasteiger partial charge is 0.253 e. The Balaban J connectivity index is 1.14. The van der Waals surface area contributed by atoms with Crippen LogP contribution in [0.1, 0.15) is 106 Å². The van der Waals surface area contributed by atoms with Crippen LogP contribution < -0.4 is 21.3 Å². The van der Waals surface area contributed by atoms with Crippen LogP contribution in [0.25, 0.3) is 33.4 Å². The van der Waals surface area contributed by atoms with E-state index in [9.17, 15) is 19.2 Å². The van der Waals surface area contributed by atoms with Crippen LogP contribution in [0.15, 0.2) is 72.8 Å². The third-order valence-electron chi connectivity index (χ3n) is 16.3. The molecule has 80 heavy (non-hydrogen) atoms. The summed E-state index contributed by atoms with van der Waals surface area (Å²) in [5.74, 6) is -0.860. The van der Waals surface area contributed by atoms with E-state index < -0.39 is 44.6 Å². The summed E-state index contributed by atoms with van der Waals surface area (Å²) in [5.41, 5.74) is 1.77. The highest BCUT2D eigenvalue weighted by Gasteiger charge is 2.46. The van der Waals surface area contributed by atoms with Gasteiger partial charge < -0.3 is 40.2 Å². The van der Waals surface area contributed by atoms with Gasteiger partial charge in [-0.2, -0.15) is 0 Å². The number of pyridine rings is 2. The standard InChI is InChI=1S/C62H88N10O8/c1-55(2)33-69-29-47-25-45(26-48(63-47)30-70(38-59(9,77-13)51(73)65-55)34-56(3,4)66-52(74)60(10,37-69)78-14)43-21-17-41(18-22-43)42-19-23-44(24-20-42)46-27-49-31-71-35-57(5,6)67-53(75)61(11,79-15)40-72(32-50(28-46)64-49)36-58(7,8)68-54(76)62(12,39-71)80-16/h17-28H,29-40H2,1-16H3,(H,65,73)(H,66,74)(H,67,75)(H,68,76)/t59-,60+,61-,62+. The Morgan fingerprint density at radius 3 is 0.700 bits per heavy atom. The fourth-order valence-corrected chi connectivity index (χ4v) is 12.0. The molecule has 8 rings (SSSR count). The highest BCUT2D eigenvalue weighted by Crippen LogP contribution is 2.33. The molecule has 0 radical (unpaired) electrons. The Morgan fingerprint density at radius 2 is 0.512 bits per heavy atom. The van der Waals surface area contributed by atoms with Crippen LogP contribution in [0.2, 0.25) is 0 Å². The predicted octanol–water partition coefficient (Wildman–Crippen LogP) is 5.94. The number of amides is 4. The van der Waals surface area contributed by atoms with Gasteiger partial charge in [0.15, 0.2) is 22.4 Å². The molecule has 18 heteroatoms. The van der Waals surface area contributed by atoms with Gasteiger partial charge in [0, 0.05) is 129 Å². The molecule has 4 aromatic rings. The van der Waals surface area contributed by atoms with Crippen LogP contribution >= 0.6 is 0 Å². The second-order valence-electron chi connectivity index (χ2n) is 26.5. The number of nitrogens with one attached hydrogen (secondary N) is 4. The van der Waals surface area contributed by atoms with Gasteiger partial charge in [-0.3, -0.25) is 48.7 Å². The second kappa shape index (κ2) is 22.6. The number of hydrogen-bond donors (Lipinski definition) is 4. The van der Waals surface area contributed by atoms with Gasteiger partial charge >= 0.3 is 0 Å². The summed E-state index contributed by atoms with van der Waals surface area (Å²) in [6, 6.07) is 25.7. The zero-order chi connectivity index (χ0) is 58.4. The number of fused-ring (bicyclic) bond motifs is 4. The molecule has 8 bridgehead atoms. The van der Waals surface area contributed by atoms with Gasteiger partial charge in [0.05, 0.1) is 22.8 Å². The van der Waals surface area contributed by atoms with Crippen molar-refractivity contribution in [2.45, 2.75) is 154 Å². The van der Waals surface area contributed by atoms with Crippen molar-refractivity contribution < 1.29 is 38.1 Å². The topological polar surface area (TPSA) is 192 Å². The van der Waals surface area contributed by atoms with E-state index in [-0.39, 0.29) is 49.8 Å². The highest BCUT2D eigenvalue weighted by atomic mass is 16.5. The number of rotatable bonds is 7. The van der Waals surface area contributed by atoms with Crippen molar-refractivity contribution in [2.24, 2.45) is 0 Å². The molecule has 4 aliphatic heterocycles. The van der Waals surface area contributed by atoms with E-state index in [1.165, 1.54) is 0 Å². The largest absolute Gasteiger partial charge is 0.367 e. The molecule has 2 aromatic heterocycles.